The Kier molecular flexibility index (Phi) is 9.92. The maximum atomic E-state index is 13.5. The molecule has 0 spiro atoms. The van der Waals surface area contributed by atoms with Crippen LogP contribution in [0.2, 0.25) is 0 Å². The molecule has 234 valence electrons. The number of aryl methyl sites for hydroxylation is 1. The van der Waals surface area contributed by atoms with Crippen molar-refractivity contribution in [2.75, 3.05) is 0 Å². The molecule has 0 saturated carbocycles. The van der Waals surface area contributed by atoms with Crippen LogP contribution in [-0.2, 0) is 24.2 Å². The highest BCUT2D eigenvalue weighted by molar-refractivity contribution is 5.99. The van der Waals surface area contributed by atoms with E-state index in [4.69, 9.17) is 4.74 Å². The molecule has 4 aromatic rings. The van der Waals surface area contributed by atoms with Crippen molar-refractivity contribution in [1.29, 1.82) is 0 Å². The summed E-state index contributed by atoms with van der Waals surface area (Å²) in [5.41, 5.74) is 6.15. The molecule has 0 aliphatic carbocycles. The lowest BCUT2D eigenvalue weighted by Crippen LogP contribution is -2.37. The molecule has 0 unspecified atom stereocenters. The third kappa shape index (κ3) is 7.90. The molecule has 0 aliphatic heterocycles. The Morgan fingerprint density at radius 3 is 2.34 bits per heavy atom. The highest BCUT2D eigenvalue weighted by Crippen LogP contribution is 2.33. The quantitative estimate of drug-likeness (QED) is 0.171. The lowest BCUT2D eigenvalue weighted by molar-refractivity contribution is -0.152. The molecule has 4 rings (SSSR count). The van der Waals surface area contributed by atoms with Crippen LogP contribution in [0.3, 0.4) is 0 Å². The van der Waals surface area contributed by atoms with Gasteiger partial charge in [0, 0.05) is 28.7 Å². The normalized spacial score (nSPS) is 12.7. The lowest BCUT2D eigenvalue weighted by Gasteiger charge is -2.22. The number of aromatic nitrogens is 1. The molecular weight excluding hydrogens is 548 g/mol. The molecule has 44 heavy (non-hydrogen) atoms. The molecule has 1 amide bonds. The molecule has 0 bridgehead atoms. The summed E-state index contributed by atoms with van der Waals surface area (Å²) in [6.07, 6.45) is 4.01. The predicted molar refractivity (Wildman–Crippen MR) is 179 cm³/mol. The van der Waals surface area contributed by atoms with Crippen LogP contribution in [0.25, 0.3) is 10.9 Å². The number of nitrogens with zero attached hydrogens (tertiary/aromatic N) is 1. The number of nitrogens with one attached hydrogen (secondary N) is 1. The highest BCUT2D eigenvalue weighted by Gasteiger charge is 2.29. The van der Waals surface area contributed by atoms with Crippen LogP contribution >= 0.6 is 0 Å². The Bertz CT molecular complexity index is 1640. The second-order valence-corrected chi connectivity index (χ2v) is 13.7. The molecule has 6 heteroatoms. The van der Waals surface area contributed by atoms with E-state index in [0.717, 1.165) is 53.5 Å². The standard InChI is InChI=1S/C38H48N2O4/c1-9-10-13-27-14-11-16-29(20-27)25(2)39-35(41)30-18-19-32-33(26(3)40(34(32)23-30)24-37(4,5)6)22-28-15-12-17-31(21-28)44-38(7,8)36(42)43/h11-12,14-21,23,25H,9-10,13,22,24H2,1-8H3,(H,39,41)(H,42,43)/t25-/m0/s1. The number of fused-ring (bicyclic) bond motifs is 1. The van der Waals surface area contributed by atoms with Gasteiger partial charge in [0.1, 0.15) is 5.75 Å². The molecular formula is C38H48N2O4. The molecule has 0 fully saturated rings. The van der Waals surface area contributed by atoms with Crippen molar-refractivity contribution < 1.29 is 19.4 Å². The number of rotatable bonds is 12. The summed E-state index contributed by atoms with van der Waals surface area (Å²) >= 11 is 0. The van der Waals surface area contributed by atoms with Crippen LogP contribution in [0.15, 0.2) is 66.7 Å². The summed E-state index contributed by atoms with van der Waals surface area (Å²) in [5.74, 6) is -0.583. The van der Waals surface area contributed by atoms with Gasteiger partial charge in [-0.05, 0) is 98.9 Å². The lowest BCUT2D eigenvalue weighted by atomic mass is 9.96. The zero-order chi connectivity index (χ0) is 32.2. The van der Waals surface area contributed by atoms with E-state index in [1.807, 2.05) is 37.3 Å². The van der Waals surface area contributed by atoms with Crippen LogP contribution < -0.4 is 10.1 Å². The van der Waals surface area contributed by atoms with E-state index < -0.39 is 11.6 Å². The van der Waals surface area contributed by atoms with E-state index in [9.17, 15) is 14.7 Å². The molecule has 1 heterocycles. The van der Waals surface area contributed by atoms with Gasteiger partial charge in [-0.2, -0.15) is 0 Å². The number of carboxylic acid groups (broad SMARTS) is 1. The molecule has 0 aliphatic rings. The molecule has 2 N–H and O–H groups in total. The predicted octanol–water partition coefficient (Wildman–Crippen LogP) is 8.66. The van der Waals surface area contributed by atoms with Gasteiger partial charge in [-0.3, -0.25) is 4.79 Å². The minimum atomic E-state index is -1.33. The average molecular weight is 597 g/mol. The Labute approximate surface area is 262 Å². The van der Waals surface area contributed by atoms with Gasteiger partial charge in [0.2, 0.25) is 0 Å². The summed E-state index contributed by atoms with van der Waals surface area (Å²) in [6, 6.07) is 22.0. The summed E-state index contributed by atoms with van der Waals surface area (Å²) < 4.78 is 8.14. The first-order valence-electron chi connectivity index (χ1n) is 15.7. The fourth-order valence-electron chi connectivity index (χ4n) is 5.61. The topological polar surface area (TPSA) is 80.6 Å². The van der Waals surface area contributed by atoms with Gasteiger partial charge in [-0.1, -0.05) is 76.6 Å². The number of carbonyl (C=O) groups excluding carboxylic acids is 1. The van der Waals surface area contributed by atoms with Crippen molar-refractivity contribution >= 4 is 22.8 Å². The van der Waals surface area contributed by atoms with Gasteiger partial charge < -0.3 is 19.7 Å². The Morgan fingerprint density at radius 2 is 1.66 bits per heavy atom. The number of carbonyl (C=O) groups is 2. The van der Waals surface area contributed by atoms with Crippen molar-refractivity contribution in [3.8, 4) is 5.75 Å². The minimum absolute atomic E-state index is 0.0275. The van der Waals surface area contributed by atoms with Crippen LogP contribution in [-0.4, -0.2) is 27.2 Å². The van der Waals surface area contributed by atoms with Crippen molar-refractivity contribution in [2.24, 2.45) is 5.41 Å². The van der Waals surface area contributed by atoms with E-state index in [0.29, 0.717) is 17.7 Å². The Morgan fingerprint density at radius 1 is 0.955 bits per heavy atom. The van der Waals surface area contributed by atoms with E-state index >= 15 is 0 Å². The fourth-order valence-corrected chi connectivity index (χ4v) is 5.61. The van der Waals surface area contributed by atoms with Crippen molar-refractivity contribution in [2.45, 2.75) is 99.3 Å². The molecule has 1 aromatic heterocycles. The number of benzene rings is 3. The van der Waals surface area contributed by atoms with E-state index in [1.165, 1.54) is 11.1 Å². The largest absolute Gasteiger partial charge is 0.478 e. The average Bonchev–Trinajstić information content (AvgIpc) is 3.20. The maximum absolute atomic E-state index is 13.5. The summed E-state index contributed by atoms with van der Waals surface area (Å²) in [7, 11) is 0. The number of hydrogen-bond acceptors (Lipinski definition) is 3. The zero-order valence-corrected chi connectivity index (χ0v) is 27.6. The van der Waals surface area contributed by atoms with Gasteiger partial charge >= 0.3 is 5.97 Å². The Balaban J connectivity index is 1.65. The van der Waals surface area contributed by atoms with Crippen LogP contribution in [0.4, 0.5) is 0 Å². The Hall–Kier alpha value is -4.06. The minimum Gasteiger partial charge on any atom is -0.478 e. The fraction of sp³-hybridized carbons (Fsp3) is 0.421. The summed E-state index contributed by atoms with van der Waals surface area (Å²) in [4.78, 5) is 25.1. The van der Waals surface area contributed by atoms with Gasteiger partial charge in [-0.25, -0.2) is 4.79 Å². The first-order chi connectivity index (χ1) is 20.7. The van der Waals surface area contributed by atoms with Gasteiger partial charge in [0.15, 0.2) is 5.60 Å². The van der Waals surface area contributed by atoms with Gasteiger partial charge in [0.05, 0.1) is 6.04 Å². The van der Waals surface area contributed by atoms with Crippen molar-refractivity contribution in [3.05, 3.63) is 100 Å². The molecule has 0 radical (unpaired) electrons. The summed E-state index contributed by atoms with van der Waals surface area (Å²) in [6.45, 7) is 16.9. The molecule has 0 saturated heterocycles. The number of unbranched alkanes of at least 4 members (excludes halogenated alkanes) is 1. The van der Waals surface area contributed by atoms with Crippen LogP contribution in [0.1, 0.15) is 106 Å². The van der Waals surface area contributed by atoms with Crippen LogP contribution in [0.5, 0.6) is 5.75 Å². The number of hydrogen-bond donors (Lipinski definition) is 2. The number of amides is 1. The third-order valence-electron chi connectivity index (χ3n) is 8.13. The van der Waals surface area contributed by atoms with Crippen molar-refractivity contribution in [1.82, 2.24) is 9.88 Å². The maximum Gasteiger partial charge on any atom is 0.347 e. The summed E-state index contributed by atoms with van der Waals surface area (Å²) in [5, 5.41) is 13.8. The highest BCUT2D eigenvalue weighted by atomic mass is 16.5. The smallest absolute Gasteiger partial charge is 0.347 e. The van der Waals surface area contributed by atoms with Crippen molar-refractivity contribution in [3.63, 3.8) is 0 Å². The third-order valence-corrected chi connectivity index (χ3v) is 8.13. The monoisotopic (exact) mass is 596 g/mol. The molecule has 6 nitrogen and oxygen atoms in total. The molecule has 1 atom stereocenters. The van der Waals surface area contributed by atoms with E-state index in [2.05, 4.69) is 74.8 Å². The number of carboxylic acids is 1. The number of aliphatic carboxylic acids is 1. The first kappa shape index (κ1) is 32.8. The van der Waals surface area contributed by atoms with E-state index in [1.54, 1.807) is 19.9 Å². The van der Waals surface area contributed by atoms with Gasteiger partial charge in [0.25, 0.3) is 5.91 Å². The number of ether oxygens (including phenoxy) is 1. The first-order valence-corrected chi connectivity index (χ1v) is 15.7. The van der Waals surface area contributed by atoms with Gasteiger partial charge in [-0.15, -0.1) is 0 Å². The molecule has 3 aromatic carbocycles. The zero-order valence-electron chi connectivity index (χ0n) is 27.6. The SMILES string of the molecule is CCCCc1cccc([C@H](C)NC(=O)c2ccc3c(Cc4cccc(OC(C)(C)C(=O)O)c4)c(C)n(CC(C)(C)C)c3c2)c1. The van der Waals surface area contributed by atoms with E-state index in [-0.39, 0.29) is 17.4 Å². The second kappa shape index (κ2) is 13.3. The second-order valence-electron chi connectivity index (χ2n) is 13.7. The van der Waals surface area contributed by atoms with Crippen LogP contribution in [0, 0.1) is 12.3 Å².